The zero-order valence-corrected chi connectivity index (χ0v) is 15.7. The molecule has 9 heteroatoms. The highest BCUT2D eigenvalue weighted by molar-refractivity contribution is 7.27. The molecule has 3 aromatic heterocycles. The molecule has 0 saturated heterocycles. The highest BCUT2D eigenvalue weighted by Gasteiger charge is 2.32. The van der Waals surface area contributed by atoms with Crippen molar-refractivity contribution in [1.82, 2.24) is 0 Å². The quantitative estimate of drug-likeness (QED) is 0.516. The van der Waals surface area contributed by atoms with Gasteiger partial charge in [-0.15, -0.1) is 34.0 Å². The number of hydrogen-bond donors (Lipinski definition) is 0. The van der Waals surface area contributed by atoms with Gasteiger partial charge in [0.2, 0.25) is 0 Å². The van der Waals surface area contributed by atoms with Crippen LogP contribution in [0.25, 0.3) is 19.5 Å². The molecule has 6 nitrogen and oxygen atoms in total. The Bertz CT molecular complexity index is 1060. The maximum atomic E-state index is 5.81. The molecule has 0 amide bonds. The van der Waals surface area contributed by atoms with Crippen LogP contribution in [0.15, 0.2) is 48.3 Å². The van der Waals surface area contributed by atoms with Crippen LogP contribution in [-0.2, 0) is 0 Å². The Balaban J connectivity index is 1.54. The number of fused-ring (bicyclic) bond motifs is 3. The molecular weight excluding hydrogens is 408 g/mol. The molecule has 3 aromatic rings. The number of rotatable bonds is 2. The van der Waals surface area contributed by atoms with Crippen LogP contribution in [0, 0.1) is 0 Å². The van der Waals surface area contributed by atoms with Gasteiger partial charge in [-0.25, -0.2) is 0 Å². The van der Waals surface area contributed by atoms with Gasteiger partial charge in [0.05, 0.1) is 19.5 Å². The van der Waals surface area contributed by atoms with Crippen molar-refractivity contribution in [2.45, 2.75) is 0 Å². The lowest BCUT2D eigenvalue weighted by atomic mass is 10.2. The third-order valence-electron chi connectivity index (χ3n) is 3.96. The summed E-state index contributed by atoms with van der Waals surface area (Å²) < 4.78 is 34.0. The van der Waals surface area contributed by atoms with Crippen molar-refractivity contribution in [3.8, 4) is 54.0 Å². The van der Waals surface area contributed by atoms with Crippen molar-refractivity contribution in [3.05, 3.63) is 48.3 Å². The fourth-order valence-corrected chi connectivity index (χ4v) is 6.13. The molecule has 0 N–H and O–H groups in total. The van der Waals surface area contributed by atoms with Crippen LogP contribution < -0.4 is 28.4 Å². The predicted molar refractivity (Wildman–Crippen MR) is 102 cm³/mol. The second kappa shape index (κ2) is 5.81. The van der Waals surface area contributed by atoms with E-state index in [0.29, 0.717) is 34.5 Å². The molecule has 0 aliphatic carbocycles. The molecule has 0 atom stereocenters. The Morgan fingerprint density at radius 1 is 0.444 bits per heavy atom. The zero-order chi connectivity index (χ0) is 17.8. The van der Waals surface area contributed by atoms with E-state index in [0.717, 1.165) is 19.5 Å². The smallest absolute Gasteiger partial charge is 0.189 e. The van der Waals surface area contributed by atoms with E-state index in [4.69, 9.17) is 28.4 Å². The molecule has 6 heterocycles. The minimum Gasteiger partial charge on any atom is -0.457 e. The van der Waals surface area contributed by atoms with Gasteiger partial charge in [-0.2, -0.15) is 0 Å². The molecule has 6 rings (SSSR count). The first kappa shape index (κ1) is 15.2. The molecular formula is C18H8O6S3. The van der Waals surface area contributed by atoms with Gasteiger partial charge in [-0.3, -0.25) is 0 Å². The zero-order valence-electron chi connectivity index (χ0n) is 13.3. The van der Waals surface area contributed by atoms with Gasteiger partial charge in [-0.1, -0.05) is 0 Å². The molecule has 0 bridgehead atoms. The monoisotopic (exact) mass is 416 g/mol. The van der Waals surface area contributed by atoms with Crippen molar-refractivity contribution in [2.75, 3.05) is 0 Å². The van der Waals surface area contributed by atoms with Crippen LogP contribution in [-0.4, -0.2) is 0 Å². The third kappa shape index (κ3) is 2.22. The second-order valence-corrected chi connectivity index (χ2v) is 8.24. The summed E-state index contributed by atoms with van der Waals surface area (Å²) in [6, 6.07) is 0. The van der Waals surface area contributed by atoms with Crippen molar-refractivity contribution < 1.29 is 28.4 Å². The fraction of sp³-hybridized carbons (Fsp3) is 0. The molecule has 134 valence electrons. The van der Waals surface area contributed by atoms with Crippen LogP contribution in [0.4, 0.5) is 0 Å². The minimum absolute atomic E-state index is 0.648. The van der Waals surface area contributed by atoms with E-state index < -0.39 is 0 Å². The van der Waals surface area contributed by atoms with E-state index in [1.165, 1.54) is 60.2 Å². The number of ether oxygens (including phenoxy) is 6. The van der Waals surface area contributed by atoms with Crippen LogP contribution >= 0.6 is 34.0 Å². The predicted octanol–water partition coefficient (Wildman–Crippen LogP) is 5.93. The Morgan fingerprint density at radius 2 is 0.852 bits per heavy atom. The lowest BCUT2D eigenvalue weighted by Crippen LogP contribution is -1.96. The first-order chi connectivity index (χ1) is 13.4. The summed E-state index contributed by atoms with van der Waals surface area (Å²) in [5, 5.41) is 3.82. The van der Waals surface area contributed by atoms with Crippen LogP contribution in [0.2, 0.25) is 0 Å². The molecule has 0 radical (unpaired) electrons. The van der Waals surface area contributed by atoms with E-state index in [1.54, 1.807) is 11.3 Å². The average molecular weight is 416 g/mol. The Morgan fingerprint density at radius 3 is 1.33 bits per heavy atom. The topological polar surface area (TPSA) is 55.4 Å². The third-order valence-corrected chi connectivity index (χ3v) is 7.32. The van der Waals surface area contributed by atoms with Gasteiger partial charge in [0.1, 0.15) is 37.6 Å². The average Bonchev–Trinajstić information content (AvgIpc) is 3.42. The van der Waals surface area contributed by atoms with E-state index in [-0.39, 0.29) is 0 Å². The maximum absolute atomic E-state index is 5.81. The summed E-state index contributed by atoms with van der Waals surface area (Å²) in [6.45, 7) is 0. The van der Waals surface area contributed by atoms with Gasteiger partial charge < -0.3 is 28.4 Å². The number of hydrogen-bond acceptors (Lipinski definition) is 9. The summed E-state index contributed by atoms with van der Waals surface area (Å²) in [6.07, 6.45) is 9.10. The van der Waals surface area contributed by atoms with Gasteiger partial charge in [-0.05, 0) is 0 Å². The summed E-state index contributed by atoms with van der Waals surface area (Å²) in [7, 11) is 0. The molecule has 0 spiro atoms. The van der Waals surface area contributed by atoms with Crippen molar-refractivity contribution >= 4 is 34.0 Å². The molecule has 27 heavy (non-hydrogen) atoms. The van der Waals surface area contributed by atoms with Crippen LogP contribution in [0.1, 0.15) is 0 Å². The normalized spacial score (nSPS) is 15.3. The Labute approximate surface area is 164 Å². The first-order valence-electron chi connectivity index (χ1n) is 7.75. The van der Waals surface area contributed by atoms with Crippen LogP contribution in [0.3, 0.4) is 0 Å². The molecule has 3 aliphatic heterocycles. The number of thiophene rings is 3. The summed E-state index contributed by atoms with van der Waals surface area (Å²) in [5.41, 5.74) is 0. The van der Waals surface area contributed by atoms with Crippen LogP contribution in [0.5, 0.6) is 34.5 Å². The maximum Gasteiger partial charge on any atom is 0.189 e. The highest BCUT2D eigenvalue weighted by Crippen LogP contribution is 2.61. The summed E-state index contributed by atoms with van der Waals surface area (Å²) >= 11 is 4.60. The summed E-state index contributed by atoms with van der Waals surface area (Å²) in [5.74, 6) is 4.01. The lowest BCUT2D eigenvalue weighted by Gasteiger charge is -2.12. The van der Waals surface area contributed by atoms with E-state index in [1.807, 2.05) is 10.8 Å². The molecule has 0 saturated carbocycles. The van der Waals surface area contributed by atoms with Gasteiger partial charge in [0.15, 0.2) is 34.5 Å². The van der Waals surface area contributed by atoms with E-state index in [9.17, 15) is 0 Å². The van der Waals surface area contributed by atoms with Gasteiger partial charge in [0.25, 0.3) is 0 Å². The van der Waals surface area contributed by atoms with E-state index >= 15 is 0 Å². The molecule has 0 unspecified atom stereocenters. The van der Waals surface area contributed by atoms with Crippen molar-refractivity contribution in [1.29, 1.82) is 0 Å². The SMILES string of the molecule is C1=COc2c(csc2-c2sc(-c3scc4c3OC=CO4)c3c2OC=CO3)O1. The first-order valence-corrected chi connectivity index (χ1v) is 10.3. The van der Waals surface area contributed by atoms with Gasteiger partial charge >= 0.3 is 0 Å². The minimum atomic E-state index is 0.648. The highest BCUT2D eigenvalue weighted by atomic mass is 32.1. The Kier molecular flexibility index (Phi) is 3.27. The second-order valence-electron chi connectivity index (χ2n) is 5.46. The van der Waals surface area contributed by atoms with E-state index in [2.05, 4.69) is 0 Å². The lowest BCUT2D eigenvalue weighted by molar-refractivity contribution is 0.361. The molecule has 3 aliphatic rings. The van der Waals surface area contributed by atoms with Gasteiger partial charge in [0, 0.05) is 10.8 Å². The van der Waals surface area contributed by atoms with Crippen molar-refractivity contribution in [3.63, 3.8) is 0 Å². The summed E-state index contributed by atoms with van der Waals surface area (Å²) in [4.78, 5) is 3.65. The largest absolute Gasteiger partial charge is 0.457 e. The molecule has 0 fully saturated rings. The standard InChI is InChI=1S/C18H8O6S3/c1-3-21-11-9(19-1)7-25-15(11)17-13-14(24-6-5-23-13)18(27-17)16-12-10(8-26-16)20-2-4-22-12/h1-8H. The molecule has 0 aromatic carbocycles. The van der Waals surface area contributed by atoms with Crippen molar-refractivity contribution in [2.24, 2.45) is 0 Å². The fourth-order valence-electron chi connectivity index (χ4n) is 2.86. The Hall–Kier alpha value is -2.88.